The van der Waals surface area contributed by atoms with E-state index in [2.05, 4.69) is 0 Å². The number of benzene rings is 2. The van der Waals surface area contributed by atoms with Gasteiger partial charge in [-0.2, -0.15) is 0 Å². The highest BCUT2D eigenvalue weighted by molar-refractivity contribution is 6.45. The van der Waals surface area contributed by atoms with Crippen LogP contribution in [0.3, 0.4) is 0 Å². The van der Waals surface area contributed by atoms with E-state index < -0.39 is 23.6 Å². The Hall–Kier alpha value is -2.52. The highest BCUT2D eigenvalue weighted by atomic mass is 35.5. The summed E-state index contributed by atoms with van der Waals surface area (Å²) in [5, 5.41) is 0.171. The SMILES string of the molecule is NCN1C(=O)c2cc(Cl)c3c4c(c(Cl)cc(c24)C1=O)C(=O)N(CN)C3=O. The van der Waals surface area contributed by atoms with Gasteiger partial charge in [0.05, 0.1) is 45.6 Å². The third-order valence-corrected chi connectivity index (χ3v) is 5.14. The molecule has 2 heterocycles. The fourth-order valence-electron chi connectivity index (χ4n) is 3.40. The van der Waals surface area contributed by atoms with E-state index in [-0.39, 0.29) is 56.4 Å². The van der Waals surface area contributed by atoms with Gasteiger partial charge in [-0.1, -0.05) is 23.2 Å². The number of nitrogens with two attached hydrogens (primary N) is 2. The van der Waals surface area contributed by atoms with Crippen LogP contribution in [0.25, 0.3) is 10.8 Å². The molecule has 2 aromatic carbocycles. The molecule has 132 valence electrons. The molecule has 0 unspecified atom stereocenters. The summed E-state index contributed by atoms with van der Waals surface area (Å²) in [4.78, 5) is 52.3. The van der Waals surface area contributed by atoms with Crippen LogP contribution in [-0.2, 0) is 0 Å². The van der Waals surface area contributed by atoms with E-state index in [1.165, 1.54) is 12.1 Å². The Balaban J connectivity index is 2.24. The zero-order chi connectivity index (χ0) is 18.9. The summed E-state index contributed by atoms with van der Waals surface area (Å²) in [5.74, 6) is -2.74. The van der Waals surface area contributed by atoms with Crippen LogP contribution in [-0.4, -0.2) is 46.8 Å². The van der Waals surface area contributed by atoms with E-state index >= 15 is 0 Å². The standard InChI is InChI=1S/C16H10Cl2N4O4/c17-7-1-5-9-6(14(24)21(3-19)13(5)23)2-8(18)11-12(9)10(7)15(25)22(4-20)16(11)26/h1-2H,3-4,19-20H2. The molecule has 0 aromatic heterocycles. The lowest BCUT2D eigenvalue weighted by atomic mass is 9.86. The van der Waals surface area contributed by atoms with E-state index in [0.29, 0.717) is 0 Å². The number of hydrogen-bond acceptors (Lipinski definition) is 6. The van der Waals surface area contributed by atoms with Crippen molar-refractivity contribution in [2.24, 2.45) is 11.5 Å². The van der Waals surface area contributed by atoms with Crippen LogP contribution in [0, 0.1) is 0 Å². The Labute approximate surface area is 156 Å². The molecule has 0 bridgehead atoms. The number of amides is 4. The molecule has 2 aliphatic heterocycles. The Morgan fingerprint density at radius 1 is 0.692 bits per heavy atom. The molecule has 10 heteroatoms. The Kier molecular flexibility index (Phi) is 3.57. The summed E-state index contributed by atoms with van der Waals surface area (Å²) >= 11 is 12.5. The second-order valence-electron chi connectivity index (χ2n) is 5.75. The van der Waals surface area contributed by atoms with E-state index in [9.17, 15) is 19.2 Å². The van der Waals surface area contributed by atoms with Gasteiger partial charge < -0.3 is 11.5 Å². The van der Waals surface area contributed by atoms with Crippen LogP contribution >= 0.6 is 23.2 Å². The van der Waals surface area contributed by atoms with Gasteiger partial charge in [-0.3, -0.25) is 29.0 Å². The third-order valence-electron chi connectivity index (χ3n) is 4.54. The van der Waals surface area contributed by atoms with Crippen molar-refractivity contribution >= 4 is 57.6 Å². The molecule has 0 radical (unpaired) electrons. The molecule has 8 nitrogen and oxygen atoms in total. The minimum Gasteiger partial charge on any atom is -0.313 e. The molecule has 0 saturated carbocycles. The van der Waals surface area contributed by atoms with Crippen molar-refractivity contribution in [2.75, 3.05) is 13.3 Å². The fourth-order valence-corrected chi connectivity index (χ4v) is 3.97. The minimum atomic E-state index is -0.712. The Bertz CT molecular complexity index is 1010. The van der Waals surface area contributed by atoms with Gasteiger partial charge >= 0.3 is 0 Å². The summed E-state index contributed by atoms with van der Waals surface area (Å²) in [6, 6.07) is 2.58. The molecule has 4 N–H and O–H groups in total. The average molecular weight is 393 g/mol. The van der Waals surface area contributed by atoms with Crippen molar-refractivity contribution in [3.63, 3.8) is 0 Å². The van der Waals surface area contributed by atoms with Crippen LogP contribution in [0.2, 0.25) is 10.0 Å². The lowest BCUT2D eigenvalue weighted by Gasteiger charge is -2.32. The summed E-state index contributed by atoms with van der Waals surface area (Å²) in [7, 11) is 0. The van der Waals surface area contributed by atoms with Crippen molar-refractivity contribution < 1.29 is 19.2 Å². The lowest BCUT2D eigenvalue weighted by molar-refractivity contribution is 0.0593. The zero-order valence-electron chi connectivity index (χ0n) is 13.0. The van der Waals surface area contributed by atoms with E-state index in [1.54, 1.807) is 0 Å². The molecule has 2 aromatic rings. The lowest BCUT2D eigenvalue weighted by Crippen LogP contribution is -2.46. The summed E-state index contributed by atoms with van der Waals surface area (Å²) in [5.41, 5.74) is 11.1. The molecule has 0 aliphatic carbocycles. The maximum Gasteiger partial charge on any atom is 0.264 e. The molecule has 0 fully saturated rings. The summed E-state index contributed by atoms with van der Waals surface area (Å²) < 4.78 is 0. The molecule has 0 atom stereocenters. The Morgan fingerprint density at radius 2 is 1.08 bits per heavy atom. The van der Waals surface area contributed by atoms with Crippen molar-refractivity contribution in [3.8, 4) is 0 Å². The number of carbonyl (C=O) groups excluding carboxylic acids is 4. The maximum absolute atomic E-state index is 12.7. The summed E-state index contributed by atoms with van der Waals surface area (Å²) in [6.45, 7) is -0.705. The van der Waals surface area contributed by atoms with Gasteiger partial charge in [-0.15, -0.1) is 0 Å². The minimum absolute atomic E-state index is 0.0176. The largest absolute Gasteiger partial charge is 0.313 e. The topological polar surface area (TPSA) is 127 Å². The number of hydrogen-bond donors (Lipinski definition) is 2. The smallest absolute Gasteiger partial charge is 0.264 e. The molecule has 4 rings (SSSR count). The molecule has 2 aliphatic rings. The van der Waals surface area contributed by atoms with Gasteiger partial charge in [0.2, 0.25) is 0 Å². The highest BCUT2D eigenvalue weighted by Gasteiger charge is 2.41. The normalized spacial score (nSPS) is 16.2. The maximum atomic E-state index is 12.7. The van der Waals surface area contributed by atoms with E-state index in [4.69, 9.17) is 34.7 Å². The molecule has 4 amide bonds. The van der Waals surface area contributed by atoms with Crippen molar-refractivity contribution in [3.05, 3.63) is 44.4 Å². The molecule has 0 spiro atoms. The molecule has 26 heavy (non-hydrogen) atoms. The third kappa shape index (κ3) is 1.87. The average Bonchev–Trinajstić information content (AvgIpc) is 2.59. The molecule has 0 saturated heterocycles. The first-order chi connectivity index (χ1) is 12.3. The highest BCUT2D eigenvalue weighted by Crippen LogP contribution is 2.43. The van der Waals surface area contributed by atoms with E-state index in [0.717, 1.165) is 9.80 Å². The second-order valence-corrected chi connectivity index (χ2v) is 6.57. The predicted octanol–water partition coefficient (Wildman–Crippen LogP) is 1.17. The van der Waals surface area contributed by atoms with Gasteiger partial charge in [-0.25, -0.2) is 0 Å². The quantitative estimate of drug-likeness (QED) is 0.738. The number of halogens is 2. The second kappa shape index (κ2) is 5.49. The number of rotatable bonds is 2. The monoisotopic (exact) mass is 392 g/mol. The van der Waals surface area contributed by atoms with Crippen LogP contribution < -0.4 is 11.5 Å². The van der Waals surface area contributed by atoms with Crippen LogP contribution in [0.4, 0.5) is 0 Å². The van der Waals surface area contributed by atoms with Crippen LogP contribution in [0.1, 0.15) is 41.4 Å². The van der Waals surface area contributed by atoms with Crippen LogP contribution in [0.15, 0.2) is 12.1 Å². The van der Waals surface area contributed by atoms with Gasteiger partial charge in [-0.05, 0) is 12.1 Å². The zero-order valence-corrected chi connectivity index (χ0v) is 14.5. The number of nitrogens with zero attached hydrogens (tertiary/aromatic N) is 2. The Morgan fingerprint density at radius 3 is 1.46 bits per heavy atom. The number of imide groups is 2. The van der Waals surface area contributed by atoms with Gasteiger partial charge in [0.25, 0.3) is 23.6 Å². The van der Waals surface area contributed by atoms with Gasteiger partial charge in [0.15, 0.2) is 0 Å². The first-order valence-electron chi connectivity index (χ1n) is 7.44. The predicted molar refractivity (Wildman–Crippen MR) is 93.1 cm³/mol. The first kappa shape index (κ1) is 16.9. The number of carbonyl (C=O) groups is 4. The van der Waals surface area contributed by atoms with E-state index in [1.807, 2.05) is 0 Å². The first-order valence-corrected chi connectivity index (χ1v) is 8.20. The van der Waals surface area contributed by atoms with Crippen molar-refractivity contribution in [1.82, 2.24) is 9.80 Å². The fraction of sp³-hybridized carbons (Fsp3) is 0.125. The van der Waals surface area contributed by atoms with Crippen LogP contribution in [0.5, 0.6) is 0 Å². The molecular weight excluding hydrogens is 383 g/mol. The van der Waals surface area contributed by atoms with Gasteiger partial charge in [0, 0.05) is 10.8 Å². The summed E-state index contributed by atoms with van der Waals surface area (Å²) in [6.07, 6.45) is 0. The van der Waals surface area contributed by atoms with Gasteiger partial charge in [0.1, 0.15) is 0 Å². The van der Waals surface area contributed by atoms with Crippen molar-refractivity contribution in [1.29, 1.82) is 0 Å². The molecular formula is C16H10Cl2N4O4. The van der Waals surface area contributed by atoms with Crippen molar-refractivity contribution in [2.45, 2.75) is 0 Å².